The number of carbonyl (C=O) groups is 1. The molecular formula is C16H22N4O3. The molecule has 0 aliphatic carbocycles. The molecule has 0 bridgehead atoms. The fourth-order valence-electron chi connectivity index (χ4n) is 3.54. The highest BCUT2D eigenvalue weighted by atomic mass is 16.7. The summed E-state index contributed by atoms with van der Waals surface area (Å²) < 4.78 is 11.4. The van der Waals surface area contributed by atoms with Gasteiger partial charge in [-0.3, -0.25) is 4.79 Å². The third-order valence-corrected chi connectivity index (χ3v) is 4.88. The Kier molecular flexibility index (Phi) is 3.90. The number of piperidine rings is 1. The van der Waals surface area contributed by atoms with Gasteiger partial charge in [0.15, 0.2) is 5.79 Å². The molecule has 23 heavy (non-hydrogen) atoms. The van der Waals surface area contributed by atoms with Crippen LogP contribution in [0.25, 0.3) is 0 Å². The molecule has 0 N–H and O–H groups in total. The van der Waals surface area contributed by atoms with Crippen LogP contribution in [0.4, 0.5) is 5.95 Å². The SMILES string of the molecule is O=C(c1ccnc(N2CCCC2)n1)N1CCC2(CC1)OCCO2. The first-order chi connectivity index (χ1) is 11.3. The summed E-state index contributed by atoms with van der Waals surface area (Å²) in [4.78, 5) is 25.5. The summed E-state index contributed by atoms with van der Waals surface area (Å²) >= 11 is 0. The maximum Gasteiger partial charge on any atom is 0.272 e. The number of aromatic nitrogens is 2. The smallest absolute Gasteiger partial charge is 0.272 e. The van der Waals surface area contributed by atoms with E-state index < -0.39 is 5.79 Å². The van der Waals surface area contributed by atoms with Gasteiger partial charge in [0.05, 0.1) is 13.2 Å². The zero-order valence-electron chi connectivity index (χ0n) is 13.2. The van der Waals surface area contributed by atoms with Crippen molar-refractivity contribution in [1.82, 2.24) is 14.9 Å². The molecule has 1 spiro atoms. The minimum absolute atomic E-state index is 0.0271. The van der Waals surface area contributed by atoms with E-state index in [4.69, 9.17) is 9.47 Å². The molecule has 7 heteroatoms. The van der Waals surface area contributed by atoms with Crippen LogP contribution in [-0.4, -0.2) is 66.0 Å². The van der Waals surface area contributed by atoms with E-state index in [-0.39, 0.29) is 5.91 Å². The van der Waals surface area contributed by atoms with Gasteiger partial charge in [-0.25, -0.2) is 9.97 Å². The number of anilines is 1. The Balaban J connectivity index is 1.44. The van der Waals surface area contributed by atoms with Gasteiger partial charge in [0.1, 0.15) is 5.69 Å². The molecule has 0 saturated carbocycles. The fraction of sp³-hybridized carbons (Fsp3) is 0.688. The fourth-order valence-corrected chi connectivity index (χ4v) is 3.54. The van der Waals surface area contributed by atoms with Crippen LogP contribution in [0.1, 0.15) is 36.2 Å². The number of hydrogen-bond acceptors (Lipinski definition) is 6. The molecule has 3 saturated heterocycles. The van der Waals surface area contributed by atoms with Crippen LogP contribution >= 0.6 is 0 Å². The monoisotopic (exact) mass is 318 g/mol. The van der Waals surface area contributed by atoms with E-state index in [1.165, 1.54) is 0 Å². The second-order valence-electron chi connectivity index (χ2n) is 6.34. The Bertz CT molecular complexity index is 572. The predicted molar refractivity (Wildman–Crippen MR) is 83.3 cm³/mol. The van der Waals surface area contributed by atoms with Crippen molar-refractivity contribution in [3.63, 3.8) is 0 Å². The Morgan fingerprint density at radius 2 is 1.78 bits per heavy atom. The Morgan fingerprint density at radius 3 is 2.48 bits per heavy atom. The van der Waals surface area contributed by atoms with Crippen LogP contribution < -0.4 is 4.90 Å². The Morgan fingerprint density at radius 1 is 1.09 bits per heavy atom. The standard InChI is InChI=1S/C16H22N4O3/c21-14(19-9-4-16(5-10-19)22-11-12-23-16)13-3-6-17-15(18-13)20-7-1-2-8-20/h3,6H,1-2,4-5,7-12H2. The summed E-state index contributed by atoms with van der Waals surface area (Å²) in [5.41, 5.74) is 0.478. The minimum Gasteiger partial charge on any atom is -0.347 e. The summed E-state index contributed by atoms with van der Waals surface area (Å²) in [7, 11) is 0. The highest BCUT2D eigenvalue weighted by Crippen LogP contribution is 2.31. The molecule has 1 aromatic rings. The van der Waals surface area contributed by atoms with E-state index in [1.807, 2.05) is 4.90 Å². The number of rotatable bonds is 2. The molecule has 0 atom stereocenters. The van der Waals surface area contributed by atoms with Crippen LogP contribution in [0.15, 0.2) is 12.3 Å². The maximum absolute atomic E-state index is 12.7. The lowest BCUT2D eigenvalue weighted by molar-refractivity contribution is -0.181. The molecule has 4 rings (SSSR count). The molecule has 124 valence electrons. The summed E-state index contributed by atoms with van der Waals surface area (Å²) in [5, 5.41) is 0. The molecule has 1 amide bonds. The van der Waals surface area contributed by atoms with E-state index in [0.29, 0.717) is 37.9 Å². The van der Waals surface area contributed by atoms with E-state index in [9.17, 15) is 4.79 Å². The first-order valence-corrected chi connectivity index (χ1v) is 8.41. The number of amides is 1. The third kappa shape index (κ3) is 2.90. The molecule has 3 aliphatic heterocycles. The van der Waals surface area contributed by atoms with Crippen molar-refractivity contribution >= 4 is 11.9 Å². The Labute approximate surface area is 135 Å². The van der Waals surface area contributed by atoms with E-state index in [1.54, 1.807) is 12.3 Å². The largest absolute Gasteiger partial charge is 0.347 e. The minimum atomic E-state index is -0.455. The number of likely N-dealkylation sites (tertiary alicyclic amines) is 1. The first kappa shape index (κ1) is 14.8. The summed E-state index contributed by atoms with van der Waals surface area (Å²) in [5.74, 6) is 0.188. The van der Waals surface area contributed by atoms with Gasteiger partial charge >= 0.3 is 0 Å². The van der Waals surface area contributed by atoms with Crippen molar-refractivity contribution in [2.24, 2.45) is 0 Å². The lowest BCUT2D eigenvalue weighted by Gasteiger charge is -2.37. The third-order valence-electron chi connectivity index (χ3n) is 4.88. The van der Waals surface area contributed by atoms with Crippen molar-refractivity contribution in [2.75, 3.05) is 44.3 Å². The van der Waals surface area contributed by atoms with Crippen LogP contribution in [0.3, 0.4) is 0 Å². The van der Waals surface area contributed by atoms with Gasteiger partial charge in [-0.1, -0.05) is 0 Å². The van der Waals surface area contributed by atoms with Gasteiger partial charge in [0, 0.05) is 45.2 Å². The van der Waals surface area contributed by atoms with E-state index in [0.717, 1.165) is 38.8 Å². The average Bonchev–Trinajstić information content (AvgIpc) is 3.28. The summed E-state index contributed by atoms with van der Waals surface area (Å²) in [6.07, 6.45) is 5.46. The van der Waals surface area contributed by atoms with Crippen molar-refractivity contribution in [1.29, 1.82) is 0 Å². The van der Waals surface area contributed by atoms with Crippen LogP contribution in [0, 0.1) is 0 Å². The number of nitrogens with zero attached hydrogens (tertiary/aromatic N) is 4. The maximum atomic E-state index is 12.7. The zero-order chi connectivity index (χ0) is 15.7. The lowest BCUT2D eigenvalue weighted by atomic mass is 10.0. The number of ether oxygens (including phenoxy) is 2. The lowest BCUT2D eigenvalue weighted by Crippen LogP contribution is -2.47. The normalized spacial score (nSPS) is 23.7. The second kappa shape index (κ2) is 6.05. The quantitative estimate of drug-likeness (QED) is 0.812. The molecule has 1 aromatic heterocycles. The molecule has 0 radical (unpaired) electrons. The molecular weight excluding hydrogens is 296 g/mol. The topological polar surface area (TPSA) is 67.8 Å². The predicted octanol–water partition coefficient (Wildman–Crippen LogP) is 1.06. The first-order valence-electron chi connectivity index (χ1n) is 8.41. The van der Waals surface area contributed by atoms with Gasteiger partial charge in [-0.15, -0.1) is 0 Å². The van der Waals surface area contributed by atoms with Crippen molar-refractivity contribution in [3.05, 3.63) is 18.0 Å². The van der Waals surface area contributed by atoms with Gasteiger partial charge in [-0.05, 0) is 18.9 Å². The molecule has 7 nitrogen and oxygen atoms in total. The second-order valence-corrected chi connectivity index (χ2v) is 6.34. The Hall–Kier alpha value is -1.73. The van der Waals surface area contributed by atoms with E-state index in [2.05, 4.69) is 14.9 Å². The van der Waals surface area contributed by atoms with Gasteiger partial charge < -0.3 is 19.3 Å². The van der Waals surface area contributed by atoms with Crippen LogP contribution in [0.2, 0.25) is 0 Å². The van der Waals surface area contributed by atoms with Gasteiger partial charge in [0.25, 0.3) is 5.91 Å². The average molecular weight is 318 g/mol. The highest BCUT2D eigenvalue weighted by molar-refractivity contribution is 5.92. The number of carbonyl (C=O) groups excluding carboxylic acids is 1. The summed E-state index contributed by atoms with van der Waals surface area (Å²) in [6.45, 7) is 4.53. The van der Waals surface area contributed by atoms with Gasteiger partial charge in [-0.2, -0.15) is 0 Å². The van der Waals surface area contributed by atoms with Gasteiger partial charge in [0.2, 0.25) is 5.95 Å². The zero-order valence-corrected chi connectivity index (χ0v) is 13.2. The molecule has 0 unspecified atom stereocenters. The molecule has 0 aromatic carbocycles. The molecule has 3 fully saturated rings. The number of hydrogen-bond donors (Lipinski definition) is 0. The van der Waals surface area contributed by atoms with Crippen LogP contribution in [-0.2, 0) is 9.47 Å². The van der Waals surface area contributed by atoms with Crippen LogP contribution in [0.5, 0.6) is 0 Å². The van der Waals surface area contributed by atoms with Crippen molar-refractivity contribution in [2.45, 2.75) is 31.5 Å². The molecule has 4 heterocycles. The van der Waals surface area contributed by atoms with Crippen molar-refractivity contribution < 1.29 is 14.3 Å². The van der Waals surface area contributed by atoms with E-state index >= 15 is 0 Å². The van der Waals surface area contributed by atoms with Crippen molar-refractivity contribution in [3.8, 4) is 0 Å². The summed E-state index contributed by atoms with van der Waals surface area (Å²) in [6, 6.07) is 1.70. The molecule has 3 aliphatic rings. The highest BCUT2D eigenvalue weighted by Gasteiger charge is 2.41.